The summed E-state index contributed by atoms with van der Waals surface area (Å²) in [6, 6.07) is 8.92. The molecule has 1 aromatic rings. The molecule has 1 spiro atoms. The summed E-state index contributed by atoms with van der Waals surface area (Å²) in [5.41, 5.74) is 1.42. The molecule has 1 saturated carbocycles. The van der Waals surface area contributed by atoms with Gasteiger partial charge in [-0.25, -0.2) is 0 Å². The van der Waals surface area contributed by atoms with E-state index in [9.17, 15) is 0 Å². The summed E-state index contributed by atoms with van der Waals surface area (Å²) in [5.74, 6) is 1.89. The van der Waals surface area contributed by atoms with Crippen molar-refractivity contribution < 1.29 is 4.74 Å². The highest BCUT2D eigenvalue weighted by molar-refractivity contribution is 5.39. The van der Waals surface area contributed by atoms with Crippen LogP contribution in [0.5, 0.6) is 5.75 Å². The summed E-state index contributed by atoms with van der Waals surface area (Å²) >= 11 is 0. The van der Waals surface area contributed by atoms with Crippen molar-refractivity contribution in [2.75, 3.05) is 7.05 Å². The minimum Gasteiger partial charge on any atom is -0.487 e. The molecule has 3 rings (SSSR count). The zero-order valence-electron chi connectivity index (χ0n) is 10.7. The maximum Gasteiger partial charge on any atom is 0.124 e. The van der Waals surface area contributed by atoms with E-state index in [0.717, 1.165) is 18.1 Å². The zero-order chi connectivity index (χ0) is 11.9. The Balaban J connectivity index is 1.95. The molecule has 0 aromatic heterocycles. The highest BCUT2D eigenvalue weighted by Gasteiger charge is 2.44. The molecule has 1 heterocycles. The topological polar surface area (TPSA) is 21.3 Å². The Bertz CT molecular complexity index is 417. The standard InChI is InChI=1S/C15H21NO/c1-11-7-8-15(9-11)10-13(16-2)12-5-3-4-6-14(12)17-15/h3-6,11,13,16H,7-10H2,1-2H3. The lowest BCUT2D eigenvalue weighted by molar-refractivity contribution is 0.0348. The van der Waals surface area contributed by atoms with Crippen LogP contribution in [0.2, 0.25) is 0 Å². The van der Waals surface area contributed by atoms with Crippen molar-refractivity contribution >= 4 is 0 Å². The lowest BCUT2D eigenvalue weighted by atomic mass is 9.85. The maximum atomic E-state index is 6.34. The van der Waals surface area contributed by atoms with Crippen LogP contribution in [0.1, 0.15) is 44.2 Å². The Morgan fingerprint density at radius 1 is 1.29 bits per heavy atom. The van der Waals surface area contributed by atoms with Gasteiger partial charge in [0.15, 0.2) is 0 Å². The molecule has 1 aromatic carbocycles. The second kappa shape index (κ2) is 4.02. The Morgan fingerprint density at radius 2 is 2.12 bits per heavy atom. The summed E-state index contributed by atoms with van der Waals surface area (Å²) in [5, 5.41) is 3.45. The van der Waals surface area contributed by atoms with Gasteiger partial charge in [0.25, 0.3) is 0 Å². The Kier molecular flexibility index (Phi) is 2.62. The van der Waals surface area contributed by atoms with Crippen LogP contribution in [0, 0.1) is 5.92 Å². The van der Waals surface area contributed by atoms with Crippen LogP contribution in [-0.4, -0.2) is 12.6 Å². The summed E-state index contributed by atoms with van der Waals surface area (Å²) in [7, 11) is 2.05. The Morgan fingerprint density at radius 3 is 2.82 bits per heavy atom. The molecule has 2 heteroatoms. The number of para-hydroxylation sites is 1. The van der Waals surface area contributed by atoms with Gasteiger partial charge in [-0.3, -0.25) is 0 Å². The molecule has 1 aliphatic heterocycles. The van der Waals surface area contributed by atoms with Gasteiger partial charge in [-0.1, -0.05) is 25.1 Å². The molecule has 2 aliphatic rings. The smallest absolute Gasteiger partial charge is 0.124 e. The van der Waals surface area contributed by atoms with E-state index in [4.69, 9.17) is 4.74 Å². The molecule has 3 atom stereocenters. The monoisotopic (exact) mass is 231 g/mol. The molecule has 17 heavy (non-hydrogen) atoms. The fourth-order valence-electron chi connectivity index (χ4n) is 3.50. The van der Waals surface area contributed by atoms with Gasteiger partial charge >= 0.3 is 0 Å². The number of rotatable bonds is 1. The molecule has 1 fully saturated rings. The third-order valence-electron chi connectivity index (χ3n) is 4.36. The fourth-order valence-corrected chi connectivity index (χ4v) is 3.50. The summed E-state index contributed by atoms with van der Waals surface area (Å²) in [6.45, 7) is 2.34. The maximum absolute atomic E-state index is 6.34. The van der Waals surface area contributed by atoms with Crippen LogP contribution in [-0.2, 0) is 0 Å². The number of hydrogen-bond donors (Lipinski definition) is 1. The van der Waals surface area contributed by atoms with Crippen molar-refractivity contribution in [3.05, 3.63) is 29.8 Å². The summed E-state index contributed by atoms with van der Waals surface area (Å²) in [4.78, 5) is 0. The van der Waals surface area contributed by atoms with Crippen molar-refractivity contribution in [1.29, 1.82) is 0 Å². The average Bonchev–Trinajstić information content (AvgIpc) is 2.69. The highest BCUT2D eigenvalue weighted by Crippen LogP contribution is 2.48. The van der Waals surface area contributed by atoms with Gasteiger partial charge in [-0.05, 0) is 38.3 Å². The van der Waals surface area contributed by atoms with Gasteiger partial charge in [0.05, 0.1) is 0 Å². The van der Waals surface area contributed by atoms with Crippen molar-refractivity contribution in [3.8, 4) is 5.75 Å². The van der Waals surface area contributed by atoms with Gasteiger partial charge in [0, 0.05) is 18.0 Å². The summed E-state index contributed by atoms with van der Waals surface area (Å²) in [6.07, 6.45) is 4.84. The van der Waals surface area contributed by atoms with E-state index in [1.165, 1.54) is 24.8 Å². The third kappa shape index (κ3) is 1.85. The average molecular weight is 231 g/mol. The predicted octanol–water partition coefficient (Wildman–Crippen LogP) is 3.29. The largest absolute Gasteiger partial charge is 0.487 e. The highest BCUT2D eigenvalue weighted by atomic mass is 16.5. The fraction of sp³-hybridized carbons (Fsp3) is 0.600. The molecular formula is C15H21NO. The van der Waals surface area contributed by atoms with E-state index >= 15 is 0 Å². The normalized spacial score (nSPS) is 35.6. The molecule has 2 nitrogen and oxygen atoms in total. The first kappa shape index (κ1) is 11.1. The van der Waals surface area contributed by atoms with E-state index in [0.29, 0.717) is 6.04 Å². The van der Waals surface area contributed by atoms with Crippen molar-refractivity contribution in [1.82, 2.24) is 5.32 Å². The molecular weight excluding hydrogens is 210 g/mol. The first-order valence-corrected chi connectivity index (χ1v) is 6.68. The van der Waals surface area contributed by atoms with Crippen LogP contribution in [0.25, 0.3) is 0 Å². The minimum absolute atomic E-state index is 0.0987. The second-order valence-corrected chi connectivity index (χ2v) is 5.72. The van der Waals surface area contributed by atoms with E-state index in [2.05, 4.69) is 43.6 Å². The predicted molar refractivity (Wildman–Crippen MR) is 69.2 cm³/mol. The van der Waals surface area contributed by atoms with Gasteiger partial charge in [-0.15, -0.1) is 0 Å². The number of nitrogens with one attached hydrogen (secondary N) is 1. The van der Waals surface area contributed by atoms with E-state index in [-0.39, 0.29) is 5.60 Å². The van der Waals surface area contributed by atoms with Crippen molar-refractivity contribution in [3.63, 3.8) is 0 Å². The molecule has 1 aliphatic carbocycles. The quantitative estimate of drug-likeness (QED) is 0.800. The number of ether oxygens (including phenoxy) is 1. The minimum atomic E-state index is 0.0987. The molecule has 0 amide bonds. The number of benzene rings is 1. The molecule has 0 radical (unpaired) electrons. The second-order valence-electron chi connectivity index (χ2n) is 5.72. The van der Waals surface area contributed by atoms with Crippen LogP contribution < -0.4 is 10.1 Å². The van der Waals surface area contributed by atoms with Crippen LogP contribution in [0.3, 0.4) is 0 Å². The third-order valence-corrected chi connectivity index (χ3v) is 4.36. The first-order valence-electron chi connectivity index (χ1n) is 6.68. The number of fused-ring (bicyclic) bond motifs is 1. The molecule has 1 N–H and O–H groups in total. The van der Waals surface area contributed by atoms with E-state index < -0.39 is 0 Å². The summed E-state index contributed by atoms with van der Waals surface area (Å²) < 4.78 is 6.34. The van der Waals surface area contributed by atoms with Crippen molar-refractivity contribution in [2.45, 2.75) is 44.2 Å². The Hall–Kier alpha value is -1.02. The SMILES string of the molecule is CNC1CC2(CCC(C)C2)Oc2ccccc21. The van der Waals surface area contributed by atoms with E-state index in [1.54, 1.807) is 0 Å². The van der Waals surface area contributed by atoms with Crippen LogP contribution >= 0.6 is 0 Å². The molecule has 0 saturated heterocycles. The zero-order valence-corrected chi connectivity index (χ0v) is 10.7. The van der Waals surface area contributed by atoms with Gasteiger partial charge in [0.2, 0.25) is 0 Å². The van der Waals surface area contributed by atoms with E-state index in [1.807, 2.05) is 0 Å². The van der Waals surface area contributed by atoms with Gasteiger partial charge < -0.3 is 10.1 Å². The molecule has 92 valence electrons. The van der Waals surface area contributed by atoms with Crippen LogP contribution in [0.15, 0.2) is 24.3 Å². The molecule has 3 unspecified atom stereocenters. The van der Waals surface area contributed by atoms with Gasteiger partial charge in [-0.2, -0.15) is 0 Å². The lowest BCUT2D eigenvalue weighted by Gasteiger charge is -2.40. The molecule has 0 bridgehead atoms. The first-order chi connectivity index (χ1) is 8.22. The van der Waals surface area contributed by atoms with Gasteiger partial charge in [0.1, 0.15) is 11.4 Å². The van der Waals surface area contributed by atoms with Crippen molar-refractivity contribution in [2.24, 2.45) is 5.92 Å². The Labute approximate surface area is 103 Å². The van der Waals surface area contributed by atoms with Crippen LogP contribution in [0.4, 0.5) is 0 Å². The lowest BCUT2D eigenvalue weighted by Crippen LogP contribution is -2.41. The number of hydrogen-bond acceptors (Lipinski definition) is 2.